The Morgan fingerprint density at radius 3 is 2.69 bits per heavy atom. The Balaban J connectivity index is 1.40. The van der Waals surface area contributed by atoms with Crippen molar-refractivity contribution in [2.24, 2.45) is 0 Å². The second-order valence-electron chi connectivity index (χ2n) is 8.27. The number of nitrogens with one attached hydrogen (secondary N) is 1. The van der Waals surface area contributed by atoms with Crippen molar-refractivity contribution in [3.8, 4) is 22.5 Å². The molecule has 0 fully saturated rings. The molecule has 2 aromatic carbocycles. The first-order valence-corrected chi connectivity index (χ1v) is 11.2. The van der Waals surface area contributed by atoms with Crippen molar-refractivity contribution in [1.29, 1.82) is 0 Å². The van der Waals surface area contributed by atoms with Crippen LogP contribution in [0.3, 0.4) is 0 Å². The average molecular weight is 457 g/mol. The van der Waals surface area contributed by atoms with Gasteiger partial charge in [0, 0.05) is 35.1 Å². The number of fused-ring (bicyclic) bond motifs is 2. The zero-order chi connectivity index (χ0) is 23.8. The maximum atomic E-state index is 13.0. The number of pyridine rings is 2. The molecule has 168 valence electrons. The SMILES string of the molecule is Cc1cccc(-c2nc3cccnn3c2-c2ccnc(NC(=O)c3cnc4ccccc4c3)c2)c1. The van der Waals surface area contributed by atoms with E-state index < -0.39 is 0 Å². The minimum Gasteiger partial charge on any atom is -0.306 e. The molecular weight excluding hydrogens is 436 g/mol. The second kappa shape index (κ2) is 8.46. The third-order valence-corrected chi connectivity index (χ3v) is 5.81. The summed E-state index contributed by atoms with van der Waals surface area (Å²) in [4.78, 5) is 26.6. The maximum Gasteiger partial charge on any atom is 0.258 e. The summed E-state index contributed by atoms with van der Waals surface area (Å²) in [5.41, 5.74) is 6.67. The fourth-order valence-electron chi connectivity index (χ4n) is 4.17. The Morgan fingerprint density at radius 2 is 1.77 bits per heavy atom. The van der Waals surface area contributed by atoms with Crippen LogP contribution in [-0.4, -0.2) is 30.5 Å². The maximum absolute atomic E-state index is 13.0. The van der Waals surface area contributed by atoms with Crippen LogP contribution in [0.4, 0.5) is 5.82 Å². The normalized spacial score (nSPS) is 11.1. The van der Waals surface area contributed by atoms with Gasteiger partial charge in [-0.15, -0.1) is 0 Å². The predicted octanol–water partition coefficient (Wildman–Crippen LogP) is 5.57. The molecule has 0 spiro atoms. The van der Waals surface area contributed by atoms with Gasteiger partial charge in [0.05, 0.1) is 16.8 Å². The molecule has 4 aromatic heterocycles. The topological polar surface area (TPSA) is 85.1 Å². The first-order chi connectivity index (χ1) is 17.2. The summed E-state index contributed by atoms with van der Waals surface area (Å²) >= 11 is 0. The van der Waals surface area contributed by atoms with E-state index in [2.05, 4.69) is 39.4 Å². The van der Waals surface area contributed by atoms with Crippen molar-refractivity contribution in [3.05, 3.63) is 109 Å². The van der Waals surface area contributed by atoms with Crippen LogP contribution in [0.15, 0.2) is 97.5 Å². The Morgan fingerprint density at radius 1 is 0.857 bits per heavy atom. The van der Waals surface area contributed by atoms with Gasteiger partial charge in [0.25, 0.3) is 5.91 Å². The highest BCUT2D eigenvalue weighted by atomic mass is 16.1. The number of aromatic nitrogens is 5. The zero-order valence-corrected chi connectivity index (χ0v) is 18.9. The third-order valence-electron chi connectivity index (χ3n) is 5.81. The molecule has 0 atom stereocenters. The minimum absolute atomic E-state index is 0.275. The van der Waals surface area contributed by atoms with Gasteiger partial charge >= 0.3 is 0 Å². The average Bonchev–Trinajstić information content (AvgIpc) is 3.28. The highest BCUT2D eigenvalue weighted by Crippen LogP contribution is 2.33. The molecule has 0 aliphatic heterocycles. The van der Waals surface area contributed by atoms with Gasteiger partial charge in [-0.1, -0.05) is 42.0 Å². The first kappa shape index (κ1) is 20.7. The van der Waals surface area contributed by atoms with E-state index in [4.69, 9.17) is 4.98 Å². The lowest BCUT2D eigenvalue weighted by Gasteiger charge is -2.09. The van der Waals surface area contributed by atoms with Crippen LogP contribution in [-0.2, 0) is 0 Å². The zero-order valence-electron chi connectivity index (χ0n) is 18.9. The van der Waals surface area contributed by atoms with Gasteiger partial charge < -0.3 is 5.32 Å². The summed E-state index contributed by atoms with van der Waals surface area (Å²) in [6.45, 7) is 2.05. The third kappa shape index (κ3) is 3.89. The summed E-state index contributed by atoms with van der Waals surface area (Å²) in [6, 6.07) is 25.2. The summed E-state index contributed by atoms with van der Waals surface area (Å²) in [6.07, 6.45) is 4.98. The van der Waals surface area contributed by atoms with E-state index in [9.17, 15) is 4.79 Å². The van der Waals surface area contributed by atoms with Gasteiger partial charge in [0.2, 0.25) is 0 Å². The van der Waals surface area contributed by atoms with Crippen LogP contribution in [0.2, 0.25) is 0 Å². The fraction of sp³-hybridized carbons (Fsp3) is 0.0357. The van der Waals surface area contributed by atoms with Crippen molar-refractivity contribution in [2.45, 2.75) is 6.92 Å². The van der Waals surface area contributed by atoms with E-state index >= 15 is 0 Å². The molecule has 1 N–H and O–H groups in total. The van der Waals surface area contributed by atoms with E-state index in [0.29, 0.717) is 11.4 Å². The molecule has 0 bridgehead atoms. The van der Waals surface area contributed by atoms with Crippen LogP contribution in [0.1, 0.15) is 15.9 Å². The predicted molar refractivity (Wildman–Crippen MR) is 136 cm³/mol. The number of anilines is 1. The van der Waals surface area contributed by atoms with Gasteiger partial charge in [0.1, 0.15) is 11.5 Å². The Kier molecular flexibility index (Phi) is 5.00. The molecule has 35 heavy (non-hydrogen) atoms. The van der Waals surface area contributed by atoms with Crippen molar-refractivity contribution < 1.29 is 4.79 Å². The van der Waals surface area contributed by atoms with E-state index in [-0.39, 0.29) is 5.91 Å². The molecule has 7 nitrogen and oxygen atoms in total. The molecule has 0 saturated carbocycles. The highest BCUT2D eigenvalue weighted by molar-refractivity contribution is 6.05. The van der Waals surface area contributed by atoms with E-state index in [1.54, 1.807) is 18.6 Å². The first-order valence-electron chi connectivity index (χ1n) is 11.2. The molecule has 6 aromatic rings. The van der Waals surface area contributed by atoms with Crippen molar-refractivity contribution in [1.82, 2.24) is 24.6 Å². The molecule has 0 aliphatic rings. The van der Waals surface area contributed by atoms with Crippen LogP contribution in [0.25, 0.3) is 39.1 Å². The van der Waals surface area contributed by atoms with Crippen molar-refractivity contribution in [2.75, 3.05) is 5.32 Å². The standard InChI is InChI=1S/C28H20N6O/c1-18-6-4-8-20(14-18)26-27(34-25(33-26)10-5-12-31-34)21-11-13-29-24(16-21)32-28(35)22-15-19-7-2-3-9-23(19)30-17-22/h2-17H,1H3,(H,29,32,35). The van der Waals surface area contributed by atoms with Crippen molar-refractivity contribution >= 4 is 28.3 Å². The minimum atomic E-state index is -0.275. The number of amides is 1. The smallest absolute Gasteiger partial charge is 0.258 e. The van der Waals surface area contributed by atoms with E-state index in [0.717, 1.165) is 44.6 Å². The van der Waals surface area contributed by atoms with Gasteiger partial charge in [-0.2, -0.15) is 5.10 Å². The number of nitrogens with zero attached hydrogens (tertiary/aromatic N) is 5. The van der Waals surface area contributed by atoms with Crippen molar-refractivity contribution in [3.63, 3.8) is 0 Å². The number of carbonyl (C=O) groups is 1. The number of imidazole rings is 1. The number of rotatable bonds is 4. The van der Waals surface area contributed by atoms with Gasteiger partial charge in [-0.25, -0.2) is 14.5 Å². The summed E-state index contributed by atoms with van der Waals surface area (Å²) in [7, 11) is 0. The van der Waals surface area contributed by atoms with E-state index in [1.165, 1.54) is 0 Å². The number of para-hydroxylation sites is 1. The lowest BCUT2D eigenvalue weighted by Crippen LogP contribution is -2.13. The molecule has 0 unspecified atom stereocenters. The van der Waals surface area contributed by atoms with Crippen LogP contribution in [0, 0.1) is 6.92 Å². The largest absolute Gasteiger partial charge is 0.306 e. The second-order valence-corrected chi connectivity index (χ2v) is 8.27. The number of benzene rings is 2. The Labute approximate surface area is 201 Å². The molecule has 1 amide bonds. The quantitative estimate of drug-likeness (QED) is 0.375. The molecule has 0 saturated heterocycles. The fourth-order valence-corrected chi connectivity index (χ4v) is 4.17. The van der Waals surface area contributed by atoms with E-state index in [1.807, 2.05) is 71.2 Å². The van der Waals surface area contributed by atoms with Crippen LogP contribution >= 0.6 is 0 Å². The summed E-state index contributed by atoms with van der Waals surface area (Å²) in [5.74, 6) is 0.157. The number of hydrogen-bond donors (Lipinski definition) is 1. The lowest BCUT2D eigenvalue weighted by molar-refractivity contribution is 0.102. The summed E-state index contributed by atoms with van der Waals surface area (Å²) < 4.78 is 1.81. The molecule has 0 radical (unpaired) electrons. The highest BCUT2D eigenvalue weighted by Gasteiger charge is 2.18. The monoisotopic (exact) mass is 456 g/mol. The van der Waals surface area contributed by atoms with Gasteiger partial charge in [-0.05, 0) is 49.4 Å². The molecule has 7 heteroatoms. The number of carbonyl (C=O) groups excluding carboxylic acids is 1. The number of aryl methyl sites for hydroxylation is 1. The Hall–Kier alpha value is -4.91. The van der Waals surface area contributed by atoms with Crippen LogP contribution in [0.5, 0.6) is 0 Å². The van der Waals surface area contributed by atoms with Crippen LogP contribution < -0.4 is 5.32 Å². The van der Waals surface area contributed by atoms with Gasteiger partial charge in [-0.3, -0.25) is 9.78 Å². The molecule has 6 rings (SSSR count). The molecule has 4 heterocycles. The number of hydrogen-bond acceptors (Lipinski definition) is 5. The lowest BCUT2D eigenvalue weighted by atomic mass is 10.0. The summed E-state index contributed by atoms with van der Waals surface area (Å²) in [5, 5.41) is 8.34. The molecule has 0 aliphatic carbocycles. The van der Waals surface area contributed by atoms with Gasteiger partial charge in [0.15, 0.2) is 5.65 Å². The Bertz CT molecular complexity index is 1720. The molecular formula is C28H20N6O.